The van der Waals surface area contributed by atoms with E-state index < -0.39 is 23.2 Å². The Balaban J connectivity index is 2.87. The molecule has 0 aliphatic rings. The molecule has 114 valence electrons. The Labute approximate surface area is 127 Å². The molecule has 0 saturated carbocycles. The summed E-state index contributed by atoms with van der Waals surface area (Å²) in [5, 5.41) is -1.000. The summed E-state index contributed by atoms with van der Waals surface area (Å²) in [5.74, 6) is -1.87. The maximum atomic E-state index is 12.3. The van der Waals surface area contributed by atoms with Gasteiger partial charge in [0.15, 0.2) is 0 Å². The Morgan fingerprint density at radius 3 is 1.95 bits per heavy atom. The highest BCUT2D eigenvalue weighted by Gasteiger charge is 2.27. The molecule has 0 heterocycles. The van der Waals surface area contributed by atoms with Gasteiger partial charge in [0.2, 0.25) is 5.91 Å². The molecule has 1 atom stereocenters. The highest BCUT2D eigenvalue weighted by atomic mass is 35.5. The Kier molecular flexibility index (Phi) is 6.68. The zero-order chi connectivity index (χ0) is 15.8. The standard InChI is InChI=1S/C14H16ClNO5/c1-20-11(17)8-16(9-12(18)21-2)14(19)13(15)10-6-4-3-5-7-10/h3-7,13H,8-9H2,1-2H3. The summed E-state index contributed by atoms with van der Waals surface area (Å²) >= 11 is 6.11. The zero-order valence-corrected chi connectivity index (χ0v) is 12.5. The maximum Gasteiger partial charge on any atom is 0.325 e. The molecule has 21 heavy (non-hydrogen) atoms. The SMILES string of the molecule is COC(=O)CN(CC(=O)OC)C(=O)C(Cl)c1ccccc1. The van der Waals surface area contributed by atoms with E-state index >= 15 is 0 Å². The van der Waals surface area contributed by atoms with Crippen LogP contribution in [0.4, 0.5) is 0 Å². The molecule has 6 nitrogen and oxygen atoms in total. The van der Waals surface area contributed by atoms with Crippen LogP contribution in [0.2, 0.25) is 0 Å². The molecule has 1 rings (SSSR count). The minimum atomic E-state index is -1.000. The number of esters is 2. The van der Waals surface area contributed by atoms with Crippen molar-refractivity contribution in [3.63, 3.8) is 0 Å². The summed E-state index contributed by atoms with van der Waals surface area (Å²) in [7, 11) is 2.39. The molecule has 1 aromatic rings. The van der Waals surface area contributed by atoms with Gasteiger partial charge in [0.1, 0.15) is 18.5 Å². The fourth-order valence-corrected chi connectivity index (χ4v) is 1.86. The van der Waals surface area contributed by atoms with Gasteiger partial charge < -0.3 is 14.4 Å². The lowest BCUT2D eigenvalue weighted by atomic mass is 10.1. The normalized spacial score (nSPS) is 11.4. The van der Waals surface area contributed by atoms with Crippen LogP contribution in [-0.2, 0) is 23.9 Å². The minimum Gasteiger partial charge on any atom is -0.468 e. The monoisotopic (exact) mass is 313 g/mol. The number of methoxy groups -OCH3 is 2. The van der Waals surface area contributed by atoms with Crippen molar-refractivity contribution in [1.82, 2.24) is 4.90 Å². The number of amides is 1. The molecule has 0 bridgehead atoms. The first-order chi connectivity index (χ1) is 9.99. The molecule has 7 heteroatoms. The van der Waals surface area contributed by atoms with Crippen molar-refractivity contribution in [2.24, 2.45) is 0 Å². The summed E-state index contributed by atoms with van der Waals surface area (Å²) < 4.78 is 9.01. The van der Waals surface area contributed by atoms with Crippen molar-refractivity contribution in [2.45, 2.75) is 5.38 Å². The maximum absolute atomic E-state index is 12.3. The second-order valence-corrected chi connectivity index (χ2v) is 4.56. The highest BCUT2D eigenvalue weighted by Crippen LogP contribution is 2.22. The molecule has 0 aliphatic heterocycles. The van der Waals surface area contributed by atoms with Crippen LogP contribution in [0.1, 0.15) is 10.9 Å². The number of ether oxygens (including phenoxy) is 2. The quantitative estimate of drug-likeness (QED) is 0.581. The topological polar surface area (TPSA) is 72.9 Å². The van der Waals surface area contributed by atoms with E-state index in [0.29, 0.717) is 5.56 Å². The first kappa shape index (κ1) is 17.0. The van der Waals surface area contributed by atoms with Gasteiger partial charge >= 0.3 is 11.9 Å². The molecule has 0 fully saturated rings. The number of benzene rings is 1. The highest BCUT2D eigenvalue weighted by molar-refractivity contribution is 6.31. The molecule has 0 aromatic heterocycles. The Bertz CT molecular complexity index is 487. The molecule has 0 spiro atoms. The summed E-state index contributed by atoms with van der Waals surface area (Å²) in [6.45, 7) is -0.749. The molecule has 1 aromatic carbocycles. The van der Waals surface area contributed by atoms with Gasteiger partial charge in [0, 0.05) is 0 Å². The molecule has 1 unspecified atom stereocenters. The van der Waals surface area contributed by atoms with Crippen LogP contribution in [0, 0.1) is 0 Å². The summed E-state index contributed by atoms with van der Waals surface area (Å²) in [6.07, 6.45) is 0. The third-order valence-electron chi connectivity index (χ3n) is 2.72. The lowest BCUT2D eigenvalue weighted by Crippen LogP contribution is -2.41. The fraction of sp³-hybridized carbons (Fsp3) is 0.357. The molecule has 0 aliphatic carbocycles. The number of carbonyl (C=O) groups is 3. The largest absolute Gasteiger partial charge is 0.468 e. The van der Waals surface area contributed by atoms with Crippen LogP contribution < -0.4 is 0 Å². The van der Waals surface area contributed by atoms with E-state index in [0.717, 1.165) is 4.90 Å². The van der Waals surface area contributed by atoms with E-state index in [4.69, 9.17) is 11.6 Å². The van der Waals surface area contributed by atoms with Gasteiger partial charge in [-0.2, -0.15) is 0 Å². The van der Waals surface area contributed by atoms with Gasteiger partial charge in [-0.15, -0.1) is 11.6 Å². The summed E-state index contributed by atoms with van der Waals surface area (Å²) in [4.78, 5) is 36.0. The minimum absolute atomic E-state index is 0.375. The molecular formula is C14H16ClNO5. The van der Waals surface area contributed by atoms with Gasteiger partial charge in [-0.25, -0.2) is 0 Å². The molecule has 0 radical (unpaired) electrons. The van der Waals surface area contributed by atoms with Crippen molar-refractivity contribution < 1.29 is 23.9 Å². The number of carbonyl (C=O) groups excluding carboxylic acids is 3. The second kappa shape index (κ2) is 8.26. The molecule has 0 N–H and O–H groups in total. The average molecular weight is 314 g/mol. The van der Waals surface area contributed by atoms with Crippen LogP contribution in [0.5, 0.6) is 0 Å². The Hall–Kier alpha value is -2.08. The van der Waals surface area contributed by atoms with Crippen molar-refractivity contribution in [3.05, 3.63) is 35.9 Å². The lowest BCUT2D eigenvalue weighted by Gasteiger charge is -2.22. The van der Waals surface area contributed by atoms with E-state index in [-0.39, 0.29) is 13.1 Å². The van der Waals surface area contributed by atoms with E-state index in [1.54, 1.807) is 30.3 Å². The van der Waals surface area contributed by atoms with Gasteiger partial charge in [-0.1, -0.05) is 30.3 Å². The third kappa shape index (κ3) is 5.07. The third-order valence-corrected chi connectivity index (χ3v) is 3.15. The molecular weight excluding hydrogens is 298 g/mol. The van der Waals surface area contributed by atoms with Crippen molar-refractivity contribution in [1.29, 1.82) is 0 Å². The first-order valence-electron chi connectivity index (χ1n) is 6.11. The van der Waals surface area contributed by atoms with Crippen molar-refractivity contribution in [3.8, 4) is 0 Å². The van der Waals surface area contributed by atoms with E-state index in [1.807, 2.05) is 0 Å². The summed E-state index contributed by atoms with van der Waals surface area (Å²) in [5.41, 5.74) is 0.573. The average Bonchev–Trinajstić information content (AvgIpc) is 2.53. The molecule has 0 saturated heterocycles. The fourth-order valence-electron chi connectivity index (χ4n) is 1.58. The predicted octanol–water partition coefficient (Wildman–Crippen LogP) is 1.14. The van der Waals surface area contributed by atoms with Crippen LogP contribution in [-0.4, -0.2) is 50.1 Å². The number of hydrogen-bond donors (Lipinski definition) is 0. The van der Waals surface area contributed by atoms with Crippen LogP contribution in [0.3, 0.4) is 0 Å². The van der Waals surface area contributed by atoms with Gasteiger partial charge in [0.05, 0.1) is 14.2 Å². The predicted molar refractivity (Wildman–Crippen MR) is 75.6 cm³/mol. The number of nitrogens with zero attached hydrogens (tertiary/aromatic N) is 1. The number of halogens is 1. The van der Waals surface area contributed by atoms with Crippen molar-refractivity contribution >= 4 is 29.4 Å². The van der Waals surface area contributed by atoms with E-state index in [9.17, 15) is 14.4 Å². The van der Waals surface area contributed by atoms with E-state index in [2.05, 4.69) is 9.47 Å². The van der Waals surface area contributed by atoms with E-state index in [1.165, 1.54) is 14.2 Å². The van der Waals surface area contributed by atoms with Gasteiger partial charge in [-0.3, -0.25) is 14.4 Å². The Morgan fingerprint density at radius 1 is 1.05 bits per heavy atom. The summed E-state index contributed by atoms with van der Waals surface area (Å²) in [6, 6.07) is 8.64. The second-order valence-electron chi connectivity index (χ2n) is 4.12. The van der Waals surface area contributed by atoms with Gasteiger partial charge in [-0.05, 0) is 5.56 Å². The smallest absolute Gasteiger partial charge is 0.325 e. The van der Waals surface area contributed by atoms with Gasteiger partial charge in [0.25, 0.3) is 0 Å². The van der Waals surface area contributed by atoms with Crippen LogP contribution in [0.15, 0.2) is 30.3 Å². The molecule has 1 amide bonds. The van der Waals surface area contributed by atoms with Crippen molar-refractivity contribution in [2.75, 3.05) is 27.3 Å². The number of rotatable bonds is 6. The number of hydrogen-bond acceptors (Lipinski definition) is 5. The first-order valence-corrected chi connectivity index (χ1v) is 6.54. The lowest BCUT2D eigenvalue weighted by molar-refractivity contribution is -0.152. The number of alkyl halides is 1. The van der Waals surface area contributed by atoms with Crippen LogP contribution in [0.25, 0.3) is 0 Å². The van der Waals surface area contributed by atoms with Crippen LogP contribution >= 0.6 is 11.6 Å². The Morgan fingerprint density at radius 2 is 1.52 bits per heavy atom. The zero-order valence-electron chi connectivity index (χ0n) is 11.7.